The fourth-order valence-corrected chi connectivity index (χ4v) is 2.02. The average Bonchev–Trinajstić information content (AvgIpc) is 3.03. The van der Waals surface area contributed by atoms with Crippen LogP contribution in [0.1, 0.15) is 27.0 Å². The van der Waals surface area contributed by atoms with Crippen LogP contribution in [0.4, 0.5) is 0 Å². The highest BCUT2D eigenvalue weighted by atomic mass is 32.1. The number of hydrogen-bond donors (Lipinski definition) is 2. The number of rotatable bonds is 5. The van der Waals surface area contributed by atoms with Gasteiger partial charge in [0, 0.05) is 11.5 Å². The number of aromatic nitrogens is 1. The van der Waals surface area contributed by atoms with Crippen LogP contribution in [-0.4, -0.2) is 22.0 Å². The molecule has 0 atom stereocenters. The van der Waals surface area contributed by atoms with Crippen molar-refractivity contribution in [2.45, 2.75) is 13.5 Å². The molecule has 2 N–H and O–H groups in total. The largest absolute Gasteiger partial charge is 0.475 e. The zero-order valence-electron chi connectivity index (χ0n) is 10.6. The van der Waals surface area contributed by atoms with Crippen molar-refractivity contribution >= 4 is 29.3 Å². The molecule has 0 radical (unpaired) electrons. The van der Waals surface area contributed by atoms with E-state index in [0.29, 0.717) is 5.76 Å². The Morgan fingerprint density at radius 2 is 2.30 bits per heavy atom. The topological polar surface area (TPSA) is 92.4 Å². The molecule has 0 aliphatic carbocycles. The maximum atomic E-state index is 11.6. The normalized spacial score (nSPS) is 10.8. The Hall–Kier alpha value is -2.41. The van der Waals surface area contributed by atoms with E-state index in [9.17, 15) is 9.59 Å². The lowest BCUT2D eigenvalue weighted by molar-refractivity contribution is -0.116. The van der Waals surface area contributed by atoms with Crippen LogP contribution in [0, 0.1) is 6.92 Å². The van der Waals surface area contributed by atoms with Crippen molar-refractivity contribution in [1.82, 2.24) is 10.3 Å². The van der Waals surface area contributed by atoms with E-state index in [1.165, 1.54) is 29.5 Å². The van der Waals surface area contributed by atoms with E-state index in [-0.39, 0.29) is 18.2 Å². The van der Waals surface area contributed by atoms with Gasteiger partial charge in [-0.25, -0.2) is 9.78 Å². The van der Waals surface area contributed by atoms with Crippen LogP contribution in [0.15, 0.2) is 28.0 Å². The fourth-order valence-electron chi connectivity index (χ4n) is 1.44. The first-order chi connectivity index (χ1) is 9.54. The monoisotopic (exact) mass is 292 g/mol. The van der Waals surface area contributed by atoms with Gasteiger partial charge in [0.2, 0.25) is 11.7 Å². The zero-order valence-corrected chi connectivity index (χ0v) is 11.4. The molecule has 0 aliphatic heterocycles. The molecule has 0 saturated heterocycles. The molecule has 104 valence electrons. The number of furan rings is 1. The summed E-state index contributed by atoms with van der Waals surface area (Å²) in [6.45, 7) is 2.02. The van der Waals surface area contributed by atoms with Gasteiger partial charge in [0.15, 0.2) is 0 Å². The van der Waals surface area contributed by atoms with E-state index >= 15 is 0 Å². The molecular formula is C13H12N2O4S. The van der Waals surface area contributed by atoms with Gasteiger partial charge in [-0.2, -0.15) is 0 Å². The number of aryl methyl sites for hydroxylation is 1. The van der Waals surface area contributed by atoms with Gasteiger partial charge in [0.1, 0.15) is 5.76 Å². The smallest absolute Gasteiger partial charge is 0.371 e. The second kappa shape index (κ2) is 6.16. The maximum Gasteiger partial charge on any atom is 0.371 e. The number of nitrogens with one attached hydrogen (secondary N) is 1. The second-order valence-corrected chi connectivity index (χ2v) is 4.98. The molecule has 0 aliphatic rings. The summed E-state index contributed by atoms with van der Waals surface area (Å²) in [7, 11) is 0. The Labute approximate surface area is 118 Å². The van der Waals surface area contributed by atoms with Gasteiger partial charge >= 0.3 is 5.97 Å². The molecule has 0 unspecified atom stereocenters. The lowest BCUT2D eigenvalue weighted by atomic mass is 10.4. The standard InChI is InChI=1S/C13H12N2O4S/c1-8-15-9(7-20-8)2-5-12(16)14-6-10-3-4-11(19-10)13(17)18/h2-5,7H,6H2,1H3,(H,14,16)(H,17,18)/b5-2+. The minimum absolute atomic E-state index is 0.131. The number of carboxylic acid groups (broad SMARTS) is 1. The molecule has 1 amide bonds. The second-order valence-electron chi connectivity index (χ2n) is 3.91. The van der Waals surface area contributed by atoms with E-state index in [0.717, 1.165) is 10.7 Å². The number of carboxylic acids is 1. The molecule has 0 bridgehead atoms. The van der Waals surface area contributed by atoms with E-state index in [1.807, 2.05) is 12.3 Å². The molecule has 2 aromatic heterocycles. The van der Waals surface area contributed by atoms with Gasteiger partial charge in [-0.05, 0) is 25.1 Å². The van der Waals surface area contributed by atoms with E-state index in [2.05, 4.69) is 10.3 Å². The molecule has 0 spiro atoms. The molecule has 7 heteroatoms. The predicted molar refractivity (Wildman–Crippen MR) is 73.4 cm³/mol. The summed E-state index contributed by atoms with van der Waals surface area (Å²) >= 11 is 1.51. The predicted octanol–water partition coefficient (Wildman–Crippen LogP) is 2.07. The van der Waals surface area contributed by atoms with Crippen molar-refractivity contribution in [2.75, 3.05) is 0 Å². The zero-order chi connectivity index (χ0) is 14.5. The van der Waals surface area contributed by atoms with Crippen molar-refractivity contribution < 1.29 is 19.1 Å². The van der Waals surface area contributed by atoms with Crippen molar-refractivity contribution in [2.24, 2.45) is 0 Å². The molecule has 2 heterocycles. The lowest BCUT2D eigenvalue weighted by Crippen LogP contribution is -2.19. The minimum Gasteiger partial charge on any atom is -0.475 e. The Balaban J connectivity index is 1.85. The van der Waals surface area contributed by atoms with Gasteiger partial charge in [-0.15, -0.1) is 11.3 Å². The lowest BCUT2D eigenvalue weighted by Gasteiger charge is -1.98. The number of thiazole rings is 1. The van der Waals surface area contributed by atoms with Gasteiger partial charge in [-0.1, -0.05) is 0 Å². The van der Waals surface area contributed by atoms with Gasteiger partial charge in [0.25, 0.3) is 0 Å². The summed E-state index contributed by atoms with van der Waals surface area (Å²) in [5.41, 5.74) is 0.730. The summed E-state index contributed by atoms with van der Waals surface area (Å²) in [6, 6.07) is 2.86. The molecular weight excluding hydrogens is 280 g/mol. The van der Waals surface area contributed by atoms with Crippen LogP contribution in [0.2, 0.25) is 0 Å². The fraction of sp³-hybridized carbons (Fsp3) is 0.154. The van der Waals surface area contributed by atoms with Crippen LogP contribution < -0.4 is 5.32 Å². The third-order valence-corrected chi connectivity index (χ3v) is 3.14. The maximum absolute atomic E-state index is 11.6. The summed E-state index contributed by atoms with van der Waals surface area (Å²) in [4.78, 5) is 26.4. The first-order valence-corrected chi connectivity index (χ1v) is 6.62. The summed E-state index contributed by atoms with van der Waals surface area (Å²) in [5, 5.41) is 14.1. The number of aromatic carboxylic acids is 1. The Morgan fingerprint density at radius 1 is 1.50 bits per heavy atom. The van der Waals surface area contributed by atoms with E-state index in [1.54, 1.807) is 6.08 Å². The van der Waals surface area contributed by atoms with E-state index < -0.39 is 5.97 Å². The summed E-state index contributed by atoms with van der Waals surface area (Å²) in [5.74, 6) is -1.21. The third-order valence-electron chi connectivity index (χ3n) is 2.35. The molecule has 20 heavy (non-hydrogen) atoms. The molecule has 2 aromatic rings. The average molecular weight is 292 g/mol. The highest BCUT2D eigenvalue weighted by Crippen LogP contribution is 2.09. The van der Waals surface area contributed by atoms with Crippen molar-refractivity contribution in [3.63, 3.8) is 0 Å². The van der Waals surface area contributed by atoms with Gasteiger partial charge in [0.05, 0.1) is 17.2 Å². The quantitative estimate of drug-likeness (QED) is 0.823. The number of carbonyl (C=O) groups is 2. The first-order valence-electron chi connectivity index (χ1n) is 5.74. The van der Waals surface area contributed by atoms with Crippen molar-refractivity contribution in [1.29, 1.82) is 0 Å². The minimum atomic E-state index is -1.14. The Morgan fingerprint density at radius 3 is 2.90 bits per heavy atom. The Kier molecular flexibility index (Phi) is 4.31. The van der Waals surface area contributed by atoms with Crippen molar-refractivity contribution in [3.8, 4) is 0 Å². The van der Waals surface area contributed by atoms with Crippen LogP contribution >= 0.6 is 11.3 Å². The number of carbonyl (C=O) groups excluding carboxylic acids is 1. The molecule has 0 fully saturated rings. The van der Waals surface area contributed by atoms with Crippen LogP contribution in [0.5, 0.6) is 0 Å². The Bertz CT molecular complexity index is 657. The third kappa shape index (κ3) is 3.79. The highest BCUT2D eigenvalue weighted by Gasteiger charge is 2.08. The SMILES string of the molecule is Cc1nc(/C=C/C(=O)NCc2ccc(C(=O)O)o2)cs1. The summed E-state index contributed by atoms with van der Waals surface area (Å²) in [6.07, 6.45) is 2.99. The van der Waals surface area contributed by atoms with Crippen LogP contribution in [0.25, 0.3) is 6.08 Å². The van der Waals surface area contributed by atoms with Gasteiger partial charge < -0.3 is 14.8 Å². The first kappa shape index (κ1) is 14.0. The van der Waals surface area contributed by atoms with Crippen LogP contribution in [-0.2, 0) is 11.3 Å². The molecule has 0 saturated carbocycles. The van der Waals surface area contributed by atoms with Crippen molar-refractivity contribution in [3.05, 3.63) is 45.8 Å². The molecule has 0 aromatic carbocycles. The number of amides is 1. The van der Waals surface area contributed by atoms with Crippen LogP contribution in [0.3, 0.4) is 0 Å². The molecule has 6 nitrogen and oxygen atoms in total. The number of nitrogens with zero attached hydrogens (tertiary/aromatic N) is 1. The van der Waals surface area contributed by atoms with Gasteiger partial charge in [-0.3, -0.25) is 4.79 Å². The number of hydrogen-bond acceptors (Lipinski definition) is 5. The molecule has 2 rings (SSSR count). The summed E-state index contributed by atoms with van der Waals surface area (Å²) < 4.78 is 5.01. The highest BCUT2D eigenvalue weighted by molar-refractivity contribution is 7.09. The van der Waals surface area contributed by atoms with E-state index in [4.69, 9.17) is 9.52 Å².